The predicted molar refractivity (Wildman–Crippen MR) is 103 cm³/mol. The first-order valence-electron chi connectivity index (χ1n) is 8.60. The lowest BCUT2D eigenvalue weighted by Gasteiger charge is -2.17. The van der Waals surface area contributed by atoms with E-state index in [2.05, 4.69) is 4.98 Å². The summed E-state index contributed by atoms with van der Waals surface area (Å²) >= 11 is 5.99. The average molecular weight is 403 g/mol. The molecular formula is C20H19ClN2O5. The van der Waals surface area contributed by atoms with E-state index < -0.39 is 18.0 Å². The third-order valence-corrected chi connectivity index (χ3v) is 4.27. The number of aromatic nitrogens is 2. The standard InChI is InChI=1S/C20H19ClN2O5/c1-4-27-20(25)19(28-12(2)24)18-17(13-5-7-14(21)8-6-13)22-16-10-9-15(26-3)11-23(16)18/h5-11,19H,4H2,1-3H3. The van der Waals surface area contributed by atoms with Gasteiger partial charge in [-0.15, -0.1) is 0 Å². The molecule has 0 N–H and O–H groups in total. The van der Waals surface area contributed by atoms with E-state index in [-0.39, 0.29) is 6.61 Å². The monoisotopic (exact) mass is 402 g/mol. The summed E-state index contributed by atoms with van der Waals surface area (Å²) in [5.74, 6) is -0.741. The van der Waals surface area contributed by atoms with Crippen molar-refractivity contribution < 1.29 is 23.8 Å². The van der Waals surface area contributed by atoms with Gasteiger partial charge < -0.3 is 14.2 Å². The van der Waals surface area contributed by atoms with Crippen molar-refractivity contribution in [1.29, 1.82) is 0 Å². The van der Waals surface area contributed by atoms with Gasteiger partial charge >= 0.3 is 11.9 Å². The maximum Gasteiger partial charge on any atom is 0.353 e. The normalized spacial score (nSPS) is 11.9. The average Bonchev–Trinajstić information content (AvgIpc) is 3.04. The largest absolute Gasteiger partial charge is 0.495 e. The molecular weight excluding hydrogens is 384 g/mol. The van der Waals surface area contributed by atoms with Crippen molar-refractivity contribution in [2.24, 2.45) is 0 Å². The lowest BCUT2D eigenvalue weighted by atomic mass is 10.1. The van der Waals surface area contributed by atoms with Gasteiger partial charge in [0.05, 0.1) is 25.6 Å². The van der Waals surface area contributed by atoms with E-state index in [1.165, 1.54) is 14.0 Å². The Morgan fingerprint density at radius 1 is 1.18 bits per heavy atom. The molecule has 28 heavy (non-hydrogen) atoms. The van der Waals surface area contributed by atoms with Crippen LogP contribution in [0.3, 0.4) is 0 Å². The Morgan fingerprint density at radius 3 is 2.50 bits per heavy atom. The van der Waals surface area contributed by atoms with Crippen molar-refractivity contribution in [1.82, 2.24) is 9.38 Å². The number of ether oxygens (including phenoxy) is 3. The van der Waals surface area contributed by atoms with E-state index in [4.69, 9.17) is 25.8 Å². The molecule has 2 heterocycles. The van der Waals surface area contributed by atoms with Gasteiger partial charge in [0.15, 0.2) is 0 Å². The zero-order chi connectivity index (χ0) is 20.3. The van der Waals surface area contributed by atoms with E-state index in [0.29, 0.717) is 33.4 Å². The highest BCUT2D eigenvalue weighted by molar-refractivity contribution is 6.30. The first-order valence-corrected chi connectivity index (χ1v) is 8.98. The van der Waals surface area contributed by atoms with E-state index in [1.54, 1.807) is 53.9 Å². The van der Waals surface area contributed by atoms with Gasteiger partial charge in [-0.3, -0.25) is 9.20 Å². The summed E-state index contributed by atoms with van der Waals surface area (Å²) in [6.45, 7) is 3.06. The van der Waals surface area contributed by atoms with Crippen LogP contribution in [0.1, 0.15) is 25.6 Å². The Hall–Kier alpha value is -3.06. The van der Waals surface area contributed by atoms with Crippen LogP contribution in [0.5, 0.6) is 5.75 Å². The fourth-order valence-corrected chi connectivity index (χ4v) is 2.96. The van der Waals surface area contributed by atoms with Crippen LogP contribution in [0.25, 0.3) is 16.9 Å². The summed E-state index contributed by atoms with van der Waals surface area (Å²) in [5.41, 5.74) is 2.11. The minimum atomic E-state index is -1.29. The number of carbonyl (C=O) groups is 2. The number of hydrogen-bond acceptors (Lipinski definition) is 6. The molecule has 1 aromatic carbocycles. The third-order valence-electron chi connectivity index (χ3n) is 4.01. The number of nitrogens with zero attached hydrogens (tertiary/aromatic N) is 2. The third kappa shape index (κ3) is 3.94. The molecule has 0 amide bonds. The molecule has 146 valence electrons. The molecule has 7 nitrogen and oxygen atoms in total. The molecule has 0 spiro atoms. The molecule has 0 aliphatic heterocycles. The van der Waals surface area contributed by atoms with Crippen molar-refractivity contribution in [2.75, 3.05) is 13.7 Å². The van der Waals surface area contributed by atoms with Crippen LogP contribution >= 0.6 is 11.6 Å². The topological polar surface area (TPSA) is 79.1 Å². The lowest BCUT2D eigenvalue weighted by molar-refractivity contribution is -0.167. The van der Waals surface area contributed by atoms with Crippen LogP contribution in [0.15, 0.2) is 42.6 Å². The molecule has 0 saturated carbocycles. The molecule has 0 aliphatic rings. The van der Waals surface area contributed by atoms with Gasteiger partial charge in [-0.2, -0.15) is 0 Å². The minimum absolute atomic E-state index is 0.146. The first kappa shape index (κ1) is 19.7. The van der Waals surface area contributed by atoms with Crippen molar-refractivity contribution in [3.8, 4) is 17.0 Å². The molecule has 1 unspecified atom stereocenters. The molecule has 0 saturated heterocycles. The zero-order valence-electron chi connectivity index (χ0n) is 15.6. The fraction of sp³-hybridized carbons (Fsp3) is 0.250. The second kappa shape index (κ2) is 8.31. The second-order valence-electron chi connectivity index (χ2n) is 5.89. The Balaban J connectivity index is 2.28. The van der Waals surface area contributed by atoms with Crippen LogP contribution in [-0.4, -0.2) is 35.0 Å². The van der Waals surface area contributed by atoms with E-state index in [0.717, 1.165) is 0 Å². The molecule has 8 heteroatoms. The Labute approximate surface area is 166 Å². The van der Waals surface area contributed by atoms with E-state index in [9.17, 15) is 9.59 Å². The fourth-order valence-electron chi connectivity index (χ4n) is 2.83. The molecule has 3 rings (SSSR count). The number of pyridine rings is 1. The molecule has 0 radical (unpaired) electrons. The van der Waals surface area contributed by atoms with Crippen LogP contribution in [-0.2, 0) is 19.1 Å². The van der Waals surface area contributed by atoms with E-state index >= 15 is 0 Å². The number of methoxy groups -OCH3 is 1. The number of benzene rings is 1. The van der Waals surface area contributed by atoms with Crippen molar-refractivity contribution in [3.63, 3.8) is 0 Å². The van der Waals surface area contributed by atoms with Crippen molar-refractivity contribution >= 4 is 29.2 Å². The molecule has 2 aromatic heterocycles. The van der Waals surface area contributed by atoms with E-state index in [1.807, 2.05) is 0 Å². The van der Waals surface area contributed by atoms with Gasteiger partial charge in [-0.05, 0) is 31.2 Å². The summed E-state index contributed by atoms with van der Waals surface area (Å²) < 4.78 is 17.4. The summed E-state index contributed by atoms with van der Waals surface area (Å²) in [5, 5.41) is 0.567. The highest BCUT2D eigenvalue weighted by Crippen LogP contribution is 2.33. The maximum atomic E-state index is 12.6. The molecule has 0 bridgehead atoms. The SMILES string of the molecule is CCOC(=O)C(OC(C)=O)c1c(-c2ccc(Cl)cc2)nc2ccc(OC)cn12. The molecule has 0 aliphatic carbocycles. The van der Waals surface area contributed by atoms with Gasteiger partial charge in [-0.1, -0.05) is 23.7 Å². The zero-order valence-corrected chi connectivity index (χ0v) is 16.4. The highest BCUT2D eigenvalue weighted by atomic mass is 35.5. The summed E-state index contributed by atoms with van der Waals surface area (Å²) in [7, 11) is 1.53. The first-order chi connectivity index (χ1) is 13.4. The number of hydrogen-bond donors (Lipinski definition) is 0. The smallest absolute Gasteiger partial charge is 0.353 e. The molecule has 3 aromatic rings. The van der Waals surface area contributed by atoms with Crippen molar-refractivity contribution in [3.05, 3.63) is 53.3 Å². The van der Waals surface area contributed by atoms with Crippen molar-refractivity contribution in [2.45, 2.75) is 20.0 Å². The van der Waals surface area contributed by atoms with Crippen LogP contribution in [0.2, 0.25) is 5.02 Å². The summed E-state index contributed by atoms with van der Waals surface area (Å²) in [4.78, 5) is 29.0. The quantitative estimate of drug-likeness (QED) is 0.583. The Bertz CT molecular complexity index is 1010. The van der Waals surface area contributed by atoms with Gasteiger partial charge in [-0.25, -0.2) is 9.78 Å². The van der Waals surface area contributed by atoms with Crippen LogP contribution in [0, 0.1) is 0 Å². The number of esters is 2. The summed E-state index contributed by atoms with van der Waals surface area (Å²) in [6.07, 6.45) is 0.387. The summed E-state index contributed by atoms with van der Waals surface area (Å²) in [6, 6.07) is 10.5. The highest BCUT2D eigenvalue weighted by Gasteiger charge is 2.32. The maximum absolute atomic E-state index is 12.6. The van der Waals surface area contributed by atoms with Gasteiger partial charge in [0.2, 0.25) is 6.10 Å². The van der Waals surface area contributed by atoms with Gasteiger partial charge in [0.1, 0.15) is 17.1 Å². The lowest BCUT2D eigenvalue weighted by Crippen LogP contribution is -2.23. The predicted octanol–water partition coefficient (Wildman–Crippen LogP) is 3.83. The van der Waals surface area contributed by atoms with Gasteiger partial charge in [0.25, 0.3) is 0 Å². The number of halogens is 1. The Morgan fingerprint density at radius 2 is 1.89 bits per heavy atom. The number of carbonyl (C=O) groups excluding carboxylic acids is 2. The minimum Gasteiger partial charge on any atom is -0.495 e. The number of rotatable bonds is 6. The van der Waals surface area contributed by atoms with Crippen LogP contribution < -0.4 is 4.74 Å². The van der Waals surface area contributed by atoms with Gasteiger partial charge in [0, 0.05) is 17.5 Å². The van der Waals surface area contributed by atoms with Crippen LogP contribution in [0.4, 0.5) is 0 Å². The second-order valence-corrected chi connectivity index (χ2v) is 6.33. The number of imidazole rings is 1. The number of fused-ring (bicyclic) bond motifs is 1. The molecule has 1 atom stereocenters. The Kier molecular flexibility index (Phi) is 5.84. The molecule has 0 fully saturated rings.